The first-order valence-electron chi connectivity index (χ1n) is 7.80. The van der Waals surface area contributed by atoms with Crippen LogP contribution in [-0.2, 0) is 16.0 Å². The Morgan fingerprint density at radius 1 is 1.43 bits per heavy atom. The molecule has 1 aromatic carbocycles. The average Bonchev–Trinajstić information content (AvgIpc) is 2.52. The SMILES string of the molecule is CCCNC1CCCc2ccc(OCCC(=O)OC)cc21. The second-order valence-electron chi connectivity index (χ2n) is 5.43. The summed E-state index contributed by atoms with van der Waals surface area (Å²) in [5.41, 5.74) is 2.76. The Hall–Kier alpha value is -1.55. The van der Waals surface area contributed by atoms with E-state index in [1.165, 1.54) is 31.1 Å². The number of ether oxygens (including phenoxy) is 2. The van der Waals surface area contributed by atoms with Gasteiger partial charge in [-0.1, -0.05) is 13.0 Å². The molecule has 0 fully saturated rings. The minimum atomic E-state index is -0.240. The van der Waals surface area contributed by atoms with Gasteiger partial charge in [0.15, 0.2) is 0 Å². The van der Waals surface area contributed by atoms with Crippen LogP contribution < -0.4 is 10.1 Å². The van der Waals surface area contributed by atoms with E-state index in [1.54, 1.807) is 0 Å². The summed E-state index contributed by atoms with van der Waals surface area (Å²) in [6, 6.07) is 6.71. The molecular weight excluding hydrogens is 266 g/mol. The highest BCUT2D eigenvalue weighted by atomic mass is 16.5. The summed E-state index contributed by atoms with van der Waals surface area (Å²) < 4.78 is 10.3. The quantitative estimate of drug-likeness (QED) is 0.785. The zero-order chi connectivity index (χ0) is 15.1. The third kappa shape index (κ3) is 4.46. The van der Waals surface area contributed by atoms with Crippen molar-refractivity contribution in [1.82, 2.24) is 5.32 Å². The topological polar surface area (TPSA) is 47.6 Å². The Kier molecular flexibility index (Phi) is 6.05. The molecule has 2 rings (SSSR count). The smallest absolute Gasteiger partial charge is 0.308 e. The summed E-state index contributed by atoms with van der Waals surface area (Å²) in [4.78, 5) is 11.1. The summed E-state index contributed by atoms with van der Waals surface area (Å²) in [7, 11) is 1.39. The second kappa shape index (κ2) is 8.03. The molecule has 0 spiro atoms. The monoisotopic (exact) mass is 291 g/mol. The fraction of sp³-hybridized carbons (Fsp3) is 0.588. The molecule has 21 heavy (non-hydrogen) atoms. The molecule has 1 aliphatic rings. The van der Waals surface area contributed by atoms with E-state index in [0.717, 1.165) is 25.1 Å². The number of fused-ring (bicyclic) bond motifs is 1. The Bertz CT molecular complexity index is 473. The highest BCUT2D eigenvalue weighted by Crippen LogP contribution is 2.32. The summed E-state index contributed by atoms with van der Waals surface area (Å²) in [5, 5.41) is 3.61. The molecule has 4 nitrogen and oxygen atoms in total. The number of rotatable bonds is 7. The van der Waals surface area contributed by atoms with E-state index >= 15 is 0 Å². The normalized spacial score (nSPS) is 17.1. The fourth-order valence-corrected chi connectivity index (χ4v) is 2.75. The molecule has 1 N–H and O–H groups in total. The standard InChI is InChI=1S/C17H25NO3/c1-3-10-18-16-6-4-5-13-7-8-14(12-15(13)16)21-11-9-17(19)20-2/h7-8,12,16,18H,3-6,9-11H2,1-2H3. The number of carbonyl (C=O) groups is 1. The fourth-order valence-electron chi connectivity index (χ4n) is 2.75. The Morgan fingerprint density at radius 2 is 2.29 bits per heavy atom. The molecule has 0 amide bonds. The molecule has 1 aromatic rings. The predicted octanol–water partition coefficient (Wildman–Crippen LogP) is 3.01. The van der Waals surface area contributed by atoms with Gasteiger partial charge in [-0.25, -0.2) is 0 Å². The van der Waals surface area contributed by atoms with E-state index in [4.69, 9.17) is 4.74 Å². The lowest BCUT2D eigenvalue weighted by Gasteiger charge is -2.27. The molecule has 0 aliphatic heterocycles. The molecule has 0 radical (unpaired) electrons. The van der Waals surface area contributed by atoms with Gasteiger partial charge in [-0.15, -0.1) is 0 Å². The van der Waals surface area contributed by atoms with E-state index in [1.807, 2.05) is 6.07 Å². The first-order valence-corrected chi connectivity index (χ1v) is 7.80. The predicted molar refractivity (Wildman–Crippen MR) is 82.5 cm³/mol. The van der Waals surface area contributed by atoms with Crippen molar-refractivity contribution in [2.75, 3.05) is 20.3 Å². The van der Waals surface area contributed by atoms with Crippen LogP contribution in [0.1, 0.15) is 49.8 Å². The van der Waals surface area contributed by atoms with Crippen LogP contribution in [0.2, 0.25) is 0 Å². The minimum absolute atomic E-state index is 0.240. The molecule has 116 valence electrons. The lowest BCUT2D eigenvalue weighted by molar-refractivity contribution is -0.141. The third-order valence-corrected chi connectivity index (χ3v) is 3.87. The van der Waals surface area contributed by atoms with Gasteiger partial charge in [-0.2, -0.15) is 0 Å². The van der Waals surface area contributed by atoms with Gasteiger partial charge < -0.3 is 14.8 Å². The summed E-state index contributed by atoms with van der Waals surface area (Å²) in [5.74, 6) is 0.596. The molecule has 0 saturated heterocycles. The van der Waals surface area contributed by atoms with Gasteiger partial charge in [-0.3, -0.25) is 4.79 Å². The van der Waals surface area contributed by atoms with E-state index in [2.05, 4.69) is 29.1 Å². The van der Waals surface area contributed by atoms with Crippen LogP contribution in [-0.4, -0.2) is 26.2 Å². The number of carbonyl (C=O) groups excluding carboxylic acids is 1. The number of nitrogens with one attached hydrogen (secondary N) is 1. The van der Waals surface area contributed by atoms with Crippen molar-refractivity contribution >= 4 is 5.97 Å². The van der Waals surface area contributed by atoms with Gasteiger partial charge in [0, 0.05) is 6.04 Å². The van der Waals surface area contributed by atoms with Crippen molar-refractivity contribution in [3.63, 3.8) is 0 Å². The van der Waals surface area contributed by atoms with Crippen LogP contribution in [0.25, 0.3) is 0 Å². The van der Waals surface area contributed by atoms with Gasteiger partial charge in [0.05, 0.1) is 20.1 Å². The van der Waals surface area contributed by atoms with E-state index in [-0.39, 0.29) is 12.4 Å². The third-order valence-electron chi connectivity index (χ3n) is 3.87. The van der Waals surface area contributed by atoms with Crippen molar-refractivity contribution in [1.29, 1.82) is 0 Å². The van der Waals surface area contributed by atoms with Crippen LogP contribution in [0, 0.1) is 0 Å². The van der Waals surface area contributed by atoms with Crippen molar-refractivity contribution in [3.05, 3.63) is 29.3 Å². The molecule has 1 atom stereocenters. The molecule has 0 aromatic heterocycles. The summed E-state index contributed by atoms with van der Waals surface area (Å²) in [6.45, 7) is 3.58. The largest absolute Gasteiger partial charge is 0.493 e. The first kappa shape index (κ1) is 15.8. The van der Waals surface area contributed by atoms with Crippen LogP contribution in [0.4, 0.5) is 0 Å². The molecular formula is C17H25NO3. The molecule has 0 bridgehead atoms. The van der Waals surface area contributed by atoms with Gasteiger partial charge in [0.1, 0.15) is 5.75 Å². The maximum absolute atomic E-state index is 11.1. The highest BCUT2D eigenvalue weighted by molar-refractivity contribution is 5.69. The highest BCUT2D eigenvalue weighted by Gasteiger charge is 2.20. The summed E-state index contributed by atoms with van der Waals surface area (Å²) >= 11 is 0. The minimum Gasteiger partial charge on any atom is -0.493 e. The lowest BCUT2D eigenvalue weighted by Crippen LogP contribution is -2.25. The van der Waals surface area contributed by atoms with Crippen LogP contribution in [0.5, 0.6) is 5.75 Å². The van der Waals surface area contributed by atoms with Gasteiger partial charge in [-0.05, 0) is 55.5 Å². The molecule has 0 saturated carbocycles. The van der Waals surface area contributed by atoms with Gasteiger partial charge in [0.25, 0.3) is 0 Å². The van der Waals surface area contributed by atoms with Gasteiger partial charge in [0.2, 0.25) is 0 Å². The number of methoxy groups -OCH3 is 1. The zero-order valence-electron chi connectivity index (χ0n) is 13.0. The molecule has 0 heterocycles. The summed E-state index contributed by atoms with van der Waals surface area (Å²) in [6.07, 6.45) is 4.98. The Morgan fingerprint density at radius 3 is 3.05 bits per heavy atom. The average molecular weight is 291 g/mol. The first-order chi connectivity index (χ1) is 10.2. The number of hydrogen-bond donors (Lipinski definition) is 1. The zero-order valence-corrected chi connectivity index (χ0v) is 13.0. The van der Waals surface area contributed by atoms with Crippen molar-refractivity contribution in [2.24, 2.45) is 0 Å². The van der Waals surface area contributed by atoms with Crippen LogP contribution >= 0.6 is 0 Å². The van der Waals surface area contributed by atoms with E-state index < -0.39 is 0 Å². The second-order valence-corrected chi connectivity index (χ2v) is 5.43. The van der Waals surface area contributed by atoms with Gasteiger partial charge >= 0.3 is 5.97 Å². The van der Waals surface area contributed by atoms with Crippen molar-refractivity contribution in [3.8, 4) is 5.75 Å². The maximum atomic E-state index is 11.1. The maximum Gasteiger partial charge on any atom is 0.308 e. The van der Waals surface area contributed by atoms with E-state index in [0.29, 0.717) is 12.6 Å². The number of hydrogen-bond acceptors (Lipinski definition) is 4. The molecule has 1 aliphatic carbocycles. The Labute approximate surface area is 126 Å². The van der Waals surface area contributed by atoms with E-state index in [9.17, 15) is 4.79 Å². The molecule has 4 heteroatoms. The number of esters is 1. The van der Waals surface area contributed by atoms with Crippen molar-refractivity contribution in [2.45, 2.75) is 45.1 Å². The number of aryl methyl sites for hydroxylation is 1. The lowest BCUT2D eigenvalue weighted by atomic mass is 9.87. The molecule has 1 unspecified atom stereocenters. The Balaban J connectivity index is 2.00. The van der Waals surface area contributed by atoms with Crippen LogP contribution in [0.15, 0.2) is 18.2 Å². The van der Waals surface area contributed by atoms with Crippen molar-refractivity contribution < 1.29 is 14.3 Å². The number of benzene rings is 1. The van der Waals surface area contributed by atoms with Crippen LogP contribution in [0.3, 0.4) is 0 Å².